The van der Waals surface area contributed by atoms with E-state index in [-0.39, 0.29) is 23.6 Å². The number of carbonyl (C=O) groups is 2. The number of hydrogen-bond donors (Lipinski definition) is 1. The number of benzene rings is 3. The smallest absolute Gasteiger partial charge is 0.282 e. The van der Waals surface area contributed by atoms with Gasteiger partial charge in [0.05, 0.1) is 4.92 Å². The van der Waals surface area contributed by atoms with Crippen molar-refractivity contribution in [3.8, 4) is 5.75 Å². The Hall–Kier alpha value is -4.00. The minimum atomic E-state index is -0.606. The summed E-state index contributed by atoms with van der Waals surface area (Å²) in [5, 5.41) is 13.7. The van der Waals surface area contributed by atoms with Crippen LogP contribution in [0.5, 0.6) is 5.75 Å². The average molecular weight is 404 g/mol. The molecule has 0 fully saturated rings. The largest absolute Gasteiger partial charge is 0.485 e. The lowest BCUT2D eigenvalue weighted by atomic mass is 10.0. The van der Waals surface area contributed by atoms with Gasteiger partial charge in [-0.3, -0.25) is 19.7 Å². The lowest BCUT2D eigenvalue weighted by molar-refractivity contribution is -0.385. The van der Waals surface area contributed by atoms with Crippen LogP contribution >= 0.6 is 0 Å². The number of nitro benzene ring substituents is 1. The van der Waals surface area contributed by atoms with Crippen molar-refractivity contribution >= 4 is 23.1 Å². The third-order valence-corrected chi connectivity index (χ3v) is 4.64. The van der Waals surface area contributed by atoms with Crippen LogP contribution in [0.3, 0.4) is 0 Å². The summed E-state index contributed by atoms with van der Waals surface area (Å²) in [5.74, 6) is -0.370. The molecule has 0 aliphatic rings. The number of rotatable bonds is 7. The number of aryl methyl sites for hydroxylation is 2. The van der Waals surface area contributed by atoms with Crippen molar-refractivity contribution in [2.45, 2.75) is 13.8 Å². The van der Waals surface area contributed by atoms with Crippen molar-refractivity contribution in [2.75, 3.05) is 11.9 Å². The molecule has 7 heteroatoms. The minimum Gasteiger partial charge on any atom is -0.485 e. The van der Waals surface area contributed by atoms with Crippen molar-refractivity contribution in [1.29, 1.82) is 0 Å². The predicted octanol–water partition coefficient (Wildman–Crippen LogP) is 4.73. The minimum absolute atomic E-state index is 0.0428. The van der Waals surface area contributed by atoms with E-state index >= 15 is 0 Å². The molecule has 1 amide bonds. The molecule has 7 nitrogen and oxygen atoms in total. The van der Waals surface area contributed by atoms with Gasteiger partial charge in [-0.1, -0.05) is 30.3 Å². The SMILES string of the molecule is Cc1ccc(C(=O)COc2cccc(NC(=O)c3ccccc3[N+](=O)[O-])c2)cc1C. The molecule has 0 aromatic heterocycles. The number of ether oxygens (including phenoxy) is 1. The first kappa shape index (κ1) is 20.7. The van der Waals surface area contributed by atoms with Gasteiger partial charge in [0, 0.05) is 23.4 Å². The van der Waals surface area contributed by atoms with Gasteiger partial charge in [-0.2, -0.15) is 0 Å². The van der Waals surface area contributed by atoms with E-state index in [4.69, 9.17) is 4.74 Å². The van der Waals surface area contributed by atoms with E-state index in [9.17, 15) is 19.7 Å². The van der Waals surface area contributed by atoms with Gasteiger partial charge in [0.15, 0.2) is 12.4 Å². The fourth-order valence-electron chi connectivity index (χ4n) is 2.83. The van der Waals surface area contributed by atoms with Gasteiger partial charge < -0.3 is 10.1 Å². The molecule has 0 unspecified atom stereocenters. The molecule has 30 heavy (non-hydrogen) atoms. The Morgan fingerprint density at radius 2 is 1.73 bits per heavy atom. The van der Waals surface area contributed by atoms with Crippen molar-refractivity contribution < 1.29 is 19.2 Å². The van der Waals surface area contributed by atoms with E-state index in [0.717, 1.165) is 11.1 Å². The van der Waals surface area contributed by atoms with Gasteiger partial charge in [-0.25, -0.2) is 0 Å². The van der Waals surface area contributed by atoms with Gasteiger partial charge >= 0.3 is 0 Å². The number of Topliss-reactive ketones (excluding diaryl/α,β-unsaturated/α-hetero) is 1. The molecule has 1 N–H and O–H groups in total. The number of nitrogens with one attached hydrogen (secondary N) is 1. The van der Waals surface area contributed by atoms with Gasteiger partial charge in [0.2, 0.25) is 0 Å². The maximum Gasteiger partial charge on any atom is 0.282 e. The summed E-state index contributed by atoms with van der Waals surface area (Å²) in [6.45, 7) is 3.77. The van der Waals surface area contributed by atoms with Crippen molar-refractivity contribution in [3.63, 3.8) is 0 Å². The maximum atomic E-state index is 12.5. The van der Waals surface area contributed by atoms with Crippen molar-refractivity contribution in [1.82, 2.24) is 0 Å². The Morgan fingerprint density at radius 1 is 0.967 bits per heavy atom. The van der Waals surface area contributed by atoms with Gasteiger partial charge in [-0.15, -0.1) is 0 Å². The monoisotopic (exact) mass is 404 g/mol. The summed E-state index contributed by atoms with van der Waals surface area (Å²) >= 11 is 0. The fraction of sp³-hybridized carbons (Fsp3) is 0.130. The highest BCUT2D eigenvalue weighted by atomic mass is 16.6. The fourth-order valence-corrected chi connectivity index (χ4v) is 2.83. The predicted molar refractivity (Wildman–Crippen MR) is 113 cm³/mol. The molecule has 0 heterocycles. The Balaban J connectivity index is 1.67. The molecule has 3 aromatic rings. The zero-order valence-corrected chi connectivity index (χ0v) is 16.5. The van der Waals surface area contributed by atoms with E-state index in [1.807, 2.05) is 26.0 Å². The van der Waals surface area contributed by atoms with E-state index in [1.165, 1.54) is 18.2 Å². The van der Waals surface area contributed by atoms with E-state index in [0.29, 0.717) is 17.0 Å². The Morgan fingerprint density at radius 3 is 2.47 bits per heavy atom. The average Bonchev–Trinajstić information content (AvgIpc) is 2.74. The molecule has 152 valence electrons. The van der Waals surface area contributed by atoms with E-state index in [1.54, 1.807) is 36.4 Å². The highest BCUT2D eigenvalue weighted by Crippen LogP contribution is 2.22. The Bertz CT molecular complexity index is 1120. The molecule has 0 radical (unpaired) electrons. The first-order valence-electron chi connectivity index (χ1n) is 9.23. The molecule has 3 aromatic carbocycles. The number of anilines is 1. The quantitative estimate of drug-likeness (QED) is 0.349. The number of ketones is 1. The zero-order valence-electron chi connectivity index (χ0n) is 16.5. The lowest BCUT2D eigenvalue weighted by Gasteiger charge is -2.10. The molecule has 0 aliphatic carbocycles. The molecule has 0 saturated carbocycles. The second-order valence-corrected chi connectivity index (χ2v) is 6.77. The molecule has 3 rings (SSSR count). The normalized spacial score (nSPS) is 10.3. The van der Waals surface area contributed by atoms with Crippen LogP contribution < -0.4 is 10.1 Å². The maximum absolute atomic E-state index is 12.5. The summed E-state index contributed by atoms with van der Waals surface area (Å²) in [6, 6.07) is 17.7. The first-order valence-corrected chi connectivity index (χ1v) is 9.23. The van der Waals surface area contributed by atoms with Gasteiger partial charge in [0.1, 0.15) is 11.3 Å². The summed E-state index contributed by atoms with van der Waals surface area (Å²) < 4.78 is 5.57. The van der Waals surface area contributed by atoms with Gasteiger partial charge in [0.25, 0.3) is 11.6 Å². The molecule has 0 spiro atoms. The van der Waals surface area contributed by atoms with Crippen LogP contribution in [0.25, 0.3) is 0 Å². The molecular weight excluding hydrogens is 384 g/mol. The van der Waals surface area contributed by atoms with Crippen LogP contribution in [0, 0.1) is 24.0 Å². The van der Waals surface area contributed by atoms with Crippen molar-refractivity contribution in [2.24, 2.45) is 0 Å². The second-order valence-electron chi connectivity index (χ2n) is 6.77. The molecule has 0 saturated heterocycles. The zero-order chi connectivity index (χ0) is 21.7. The van der Waals surface area contributed by atoms with Crippen LogP contribution in [0.2, 0.25) is 0 Å². The summed E-state index contributed by atoms with van der Waals surface area (Å²) in [4.78, 5) is 35.3. The molecule has 0 aliphatic heterocycles. The van der Waals surface area contributed by atoms with E-state index in [2.05, 4.69) is 5.32 Å². The summed E-state index contributed by atoms with van der Waals surface area (Å²) in [6.07, 6.45) is 0. The third kappa shape index (κ3) is 4.88. The second kappa shape index (κ2) is 9.00. The summed E-state index contributed by atoms with van der Waals surface area (Å²) in [5.41, 5.74) is 2.78. The van der Waals surface area contributed by atoms with Crippen LogP contribution in [0.4, 0.5) is 11.4 Å². The molecule has 0 atom stereocenters. The Labute approximate surface area is 173 Å². The number of amides is 1. The van der Waals surface area contributed by atoms with Gasteiger partial charge in [-0.05, 0) is 49.2 Å². The number of para-hydroxylation sites is 1. The topological polar surface area (TPSA) is 98.5 Å². The first-order chi connectivity index (χ1) is 14.3. The lowest BCUT2D eigenvalue weighted by Crippen LogP contribution is -2.14. The highest BCUT2D eigenvalue weighted by molar-refractivity contribution is 6.07. The third-order valence-electron chi connectivity index (χ3n) is 4.64. The number of nitrogens with zero attached hydrogens (tertiary/aromatic N) is 1. The standard InChI is InChI=1S/C23H20N2O5/c1-15-10-11-17(12-16(15)2)22(26)14-30-19-7-5-6-18(13-19)24-23(27)20-8-3-4-9-21(20)25(28)29/h3-13H,14H2,1-2H3,(H,24,27). The highest BCUT2D eigenvalue weighted by Gasteiger charge is 2.19. The van der Waals surface area contributed by atoms with Crippen LogP contribution in [-0.4, -0.2) is 23.2 Å². The van der Waals surface area contributed by atoms with Crippen molar-refractivity contribution in [3.05, 3.63) is 99.1 Å². The Kier molecular flexibility index (Phi) is 6.22. The molecular formula is C23H20N2O5. The van der Waals surface area contributed by atoms with Crippen LogP contribution in [0.1, 0.15) is 31.8 Å². The van der Waals surface area contributed by atoms with Crippen LogP contribution in [0.15, 0.2) is 66.7 Å². The molecule has 0 bridgehead atoms. The summed E-state index contributed by atoms with van der Waals surface area (Å²) in [7, 11) is 0. The number of carbonyl (C=O) groups excluding carboxylic acids is 2. The van der Waals surface area contributed by atoms with Crippen LogP contribution in [-0.2, 0) is 0 Å². The number of nitro groups is 1. The number of hydrogen-bond acceptors (Lipinski definition) is 5. The van der Waals surface area contributed by atoms with E-state index < -0.39 is 10.8 Å².